The van der Waals surface area contributed by atoms with Crippen LogP contribution in [0, 0.1) is 5.92 Å². The van der Waals surface area contributed by atoms with Crippen LogP contribution in [-0.2, 0) is 6.42 Å². The molecule has 0 aliphatic heterocycles. The number of nitrogens with zero attached hydrogens (tertiary/aromatic N) is 3. The van der Waals surface area contributed by atoms with Crippen molar-refractivity contribution in [3.05, 3.63) is 52.6 Å². The molecule has 0 bridgehead atoms. The summed E-state index contributed by atoms with van der Waals surface area (Å²) in [6.07, 6.45) is 4.93. The van der Waals surface area contributed by atoms with E-state index in [9.17, 15) is 4.79 Å². The van der Waals surface area contributed by atoms with Gasteiger partial charge in [-0.1, -0.05) is 12.1 Å². The number of aromatic nitrogens is 2. The summed E-state index contributed by atoms with van der Waals surface area (Å²) in [6.45, 7) is 3.36. The second-order valence-electron chi connectivity index (χ2n) is 7.26. The molecule has 2 aromatic rings. The minimum atomic E-state index is -0.362. The van der Waals surface area contributed by atoms with Gasteiger partial charge in [0, 0.05) is 24.8 Å². The van der Waals surface area contributed by atoms with E-state index in [1.54, 1.807) is 12.3 Å². The molecular formula is C19H27N5O. The molecule has 0 radical (unpaired) electrons. The Bertz CT molecular complexity index is 764. The zero-order chi connectivity index (χ0) is 18.0. The normalized spacial score (nSPS) is 21.1. The van der Waals surface area contributed by atoms with E-state index in [0.29, 0.717) is 12.1 Å². The maximum atomic E-state index is 11.9. The fourth-order valence-electron chi connectivity index (χ4n) is 3.43. The second kappa shape index (κ2) is 7.37. The van der Waals surface area contributed by atoms with Crippen LogP contribution in [0.25, 0.3) is 5.69 Å². The third-order valence-corrected chi connectivity index (χ3v) is 5.14. The summed E-state index contributed by atoms with van der Waals surface area (Å²) in [6, 6.07) is 10.5. The number of hydrogen-bond acceptors (Lipinski definition) is 5. The molecule has 0 amide bonds. The van der Waals surface area contributed by atoms with Crippen LogP contribution in [0.3, 0.4) is 0 Å². The zero-order valence-corrected chi connectivity index (χ0v) is 14.9. The summed E-state index contributed by atoms with van der Waals surface area (Å²) in [5.74, 6) is 0.983. The number of likely N-dealkylation sites (N-methyl/N-ethyl adjacent to an activating group) is 1. The van der Waals surface area contributed by atoms with Gasteiger partial charge in [0.05, 0.1) is 5.69 Å². The maximum Gasteiger partial charge on any atom is 0.354 e. The van der Waals surface area contributed by atoms with Crippen LogP contribution >= 0.6 is 0 Å². The summed E-state index contributed by atoms with van der Waals surface area (Å²) >= 11 is 0. The second-order valence-corrected chi connectivity index (χ2v) is 7.26. The molecule has 4 N–H and O–H groups in total. The van der Waals surface area contributed by atoms with E-state index in [1.807, 2.05) is 12.1 Å². The average Bonchev–Trinajstić information content (AvgIpc) is 2.54. The third kappa shape index (κ3) is 4.27. The van der Waals surface area contributed by atoms with Crippen molar-refractivity contribution >= 4 is 5.82 Å². The van der Waals surface area contributed by atoms with Gasteiger partial charge >= 0.3 is 5.69 Å². The Morgan fingerprint density at radius 1 is 1.28 bits per heavy atom. The average molecular weight is 341 g/mol. The quantitative estimate of drug-likeness (QED) is 0.829. The van der Waals surface area contributed by atoms with Gasteiger partial charge in [0.15, 0.2) is 0 Å². The number of nitrogen functional groups attached to an aromatic ring is 1. The Labute approximate surface area is 148 Å². The van der Waals surface area contributed by atoms with E-state index in [2.05, 4.69) is 36.0 Å². The van der Waals surface area contributed by atoms with Gasteiger partial charge in [0.25, 0.3) is 0 Å². The first-order valence-electron chi connectivity index (χ1n) is 8.82. The third-order valence-electron chi connectivity index (χ3n) is 5.14. The van der Waals surface area contributed by atoms with Crippen molar-refractivity contribution in [3.8, 4) is 5.69 Å². The first-order chi connectivity index (χ1) is 11.9. The molecule has 1 aliphatic carbocycles. The number of hydrogen-bond donors (Lipinski definition) is 2. The van der Waals surface area contributed by atoms with E-state index < -0.39 is 0 Å². The largest absolute Gasteiger partial charge is 0.383 e. The van der Waals surface area contributed by atoms with Crippen LogP contribution in [-0.4, -0.2) is 40.1 Å². The summed E-state index contributed by atoms with van der Waals surface area (Å²) in [5, 5.41) is 0. The zero-order valence-electron chi connectivity index (χ0n) is 14.9. The number of nitrogens with two attached hydrogens (primary N) is 2. The summed E-state index contributed by atoms with van der Waals surface area (Å²) < 4.78 is 1.50. The van der Waals surface area contributed by atoms with E-state index >= 15 is 0 Å². The van der Waals surface area contributed by atoms with Crippen molar-refractivity contribution in [2.45, 2.75) is 38.3 Å². The smallest absolute Gasteiger partial charge is 0.354 e. The van der Waals surface area contributed by atoms with Crippen molar-refractivity contribution < 1.29 is 0 Å². The molecule has 134 valence electrons. The molecule has 3 rings (SSSR count). The first kappa shape index (κ1) is 17.6. The highest BCUT2D eigenvalue weighted by Gasteiger charge is 2.27. The van der Waals surface area contributed by atoms with Crippen LogP contribution in [0.1, 0.15) is 25.3 Å². The lowest BCUT2D eigenvalue weighted by Gasteiger charge is -2.37. The predicted octanol–water partition coefficient (Wildman–Crippen LogP) is 1.41. The molecule has 1 heterocycles. The molecule has 6 nitrogen and oxygen atoms in total. The van der Waals surface area contributed by atoms with Gasteiger partial charge in [-0.3, -0.25) is 4.57 Å². The van der Waals surface area contributed by atoms with Crippen molar-refractivity contribution in [2.75, 3.05) is 19.3 Å². The number of anilines is 1. The van der Waals surface area contributed by atoms with Crippen molar-refractivity contribution in [2.24, 2.45) is 11.7 Å². The highest BCUT2D eigenvalue weighted by atomic mass is 16.1. The Balaban J connectivity index is 1.61. The van der Waals surface area contributed by atoms with E-state index in [0.717, 1.165) is 37.4 Å². The van der Waals surface area contributed by atoms with Crippen molar-refractivity contribution in [3.63, 3.8) is 0 Å². The Morgan fingerprint density at radius 3 is 2.56 bits per heavy atom. The Kier molecular flexibility index (Phi) is 5.20. The molecule has 1 fully saturated rings. The highest BCUT2D eigenvalue weighted by molar-refractivity contribution is 5.36. The number of benzene rings is 1. The molecule has 1 aromatic heterocycles. The van der Waals surface area contributed by atoms with Gasteiger partial charge < -0.3 is 16.4 Å². The van der Waals surface area contributed by atoms with E-state index in [-0.39, 0.29) is 11.5 Å². The lowest BCUT2D eigenvalue weighted by Crippen LogP contribution is -2.44. The predicted molar refractivity (Wildman–Crippen MR) is 101 cm³/mol. The molecular weight excluding hydrogens is 314 g/mol. The van der Waals surface area contributed by atoms with Crippen molar-refractivity contribution in [1.29, 1.82) is 0 Å². The van der Waals surface area contributed by atoms with Crippen LogP contribution in [0.2, 0.25) is 0 Å². The van der Waals surface area contributed by atoms with Crippen LogP contribution < -0.4 is 17.2 Å². The van der Waals surface area contributed by atoms with Gasteiger partial charge in [0.2, 0.25) is 0 Å². The fraction of sp³-hybridized carbons (Fsp3) is 0.474. The van der Waals surface area contributed by atoms with E-state index in [4.69, 9.17) is 11.5 Å². The van der Waals surface area contributed by atoms with Crippen LogP contribution in [0.15, 0.2) is 41.3 Å². The minimum absolute atomic E-state index is 0.238. The van der Waals surface area contributed by atoms with Gasteiger partial charge in [0.1, 0.15) is 5.82 Å². The summed E-state index contributed by atoms with van der Waals surface area (Å²) in [5.41, 5.74) is 13.1. The summed E-state index contributed by atoms with van der Waals surface area (Å²) in [7, 11) is 2.18. The Morgan fingerprint density at radius 2 is 1.96 bits per heavy atom. The lowest BCUT2D eigenvalue weighted by molar-refractivity contribution is 0.153. The molecule has 0 spiro atoms. The molecule has 1 atom stereocenters. The van der Waals surface area contributed by atoms with Gasteiger partial charge in [-0.2, -0.15) is 4.98 Å². The molecule has 1 unspecified atom stereocenters. The monoisotopic (exact) mass is 341 g/mol. The van der Waals surface area contributed by atoms with Crippen LogP contribution in [0.5, 0.6) is 0 Å². The van der Waals surface area contributed by atoms with Crippen LogP contribution in [0.4, 0.5) is 5.82 Å². The number of rotatable bonds is 6. The lowest BCUT2D eigenvalue weighted by atomic mass is 9.80. The van der Waals surface area contributed by atoms with Gasteiger partial charge in [-0.15, -0.1) is 0 Å². The van der Waals surface area contributed by atoms with Crippen molar-refractivity contribution in [1.82, 2.24) is 14.5 Å². The minimum Gasteiger partial charge on any atom is -0.383 e. The molecule has 25 heavy (non-hydrogen) atoms. The molecule has 1 saturated carbocycles. The standard InChI is InChI=1S/C19H27N5O/c1-13(23(2)12-15-10-16(20)11-15)9-14-3-5-17(6-4-14)24-8-7-18(21)22-19(24)25/h3-8,13,15-16H,9-12,20H2,1-2H3,(H2,21,22,25). The fourth-order valence-corrected chi connectivity index (χ4v) is 3.43. The van der Waals surface area contributed by atoms with Gasteiger partial charge in [-0.05, 0) is 62.9 Å². The SMILES string of the molecule is CC(Cc1ccc(-n2ccc(N)nc2=O)cc1)N(C)CC1CC(N)C1. The first-order valence-corrected chi connectivity index (χ1v) is 8.82. The molecule has 0 saturated heterocycles. The molecule has 6 heteroatoms. The maximum absolute atomic E-state index is 11.9. The van der Waals surface area contributed by atoms with E-state index in [1.165, 1.54) is 10.1 Å². The highest BCUT2D eigenvalue weighted by Crippen LogP contribution is 2.26. The van der Waals surface area contributed by atoms with Gasteiger partial charge in [-0.25, -0.2) is 4.79 Å². The Hall–Kier alpha value is -2.18. The molecule has 1 aromatic carbocycles. The topological polar surface area (TPSA) is 90.2 Å². The summed E-state index contributed by atoms with van der Waals surface area (Å²) in [4.78, 5) is 18.1. The molecule has 1 aliphatic rings.